The molecule has 1 amide bonds. The zero-order chi connectivity index (χ0) is 19.2. The molecule has 1 aliphatic rings. The Hall–Kier alpha value is -2.43. The highest BCUT2D eigenvalue weighted by Gasteiger charge is 2.24. The van der Waals surface area contributed by atoms with Crippen molar-refractivity contribution in [2.75, 3.05) is 11.4 Å². The lowest BCUT2D eigenvalue weighted by atomic mass is 10.0. The number of carbonyl (C=O) groups is 1. The number of anilines is 1. The Morgan fingerprint density at radius 3 is 2.59 bits per heavy atom. The molecule has 1 aromatic carbocycles. The van der Waals surface area contributed by atoms with E-state index < -0.39 is 0 Å². The quantitative estimate of drug-likeness (QED) is 0.765. The van der Waals surface area contributed by atoms with Crippen LogP contribution < -0.4 is 4.90 Å². The number of rotatable bonds is 6. The Labute approximate surface area is 162 Å². The van der Waals surface area contributed by atoms with E-state index in [0.29, 0.717) is 18.3 Å². The number of aromatic nitrogens is 2. The third kappa shape index (κ3) is 4.65. The number of amides is 1. The predicted molar refractivity (Wildman–Crippen MR) is 109 cm³/mol. The molecule has 1 fully saturated rings. The summed E-state index contributed by atoms with van der Waals surface area (Å²) in [5, 5.41) is 0. The summed E-state index contributed by atoms with van der Waals surface area (Å²) in [5.74, 6) is 0.816. The van der Waals surface area contributed by atoms with Crippen LogP contribution in [0.1, 0.15) is 62.5 Å². The van der Waals surface area contributed by atoms with Gasteiger partial charge in [0.15, 0.2) is 0 Å². The van der Waals surface area contributed by atoms with Gasteiger partial charge >= 0.3 is 0 Å². The molecule has 5 nitrogen and oxygen atoms in total. The fraction of sp³-hybridized carbons (Fsp3) is 0.500. The van der Waals surface area contributed by atoms with Gasteiger partial charge in [0.1, 0.15) is 11.5 Å². The van der Waals surface area contributed by atoms with Crippen LogP contribution in [0.15, 0.2) is 42.7 Å². The van der Waals surface area contributed by atoms with Crippen LogP contribution in [0.25, 0.3) is 0 Å². The summed E-state index contributed by atoms with van der Waals surface area (Å²) < 4.78 is 0. The summed E-state index contributed by atoms with van der Waals surface area (Å²) in [4.78, 5) is 26.3. The minimum absolute atomic E-state index is 0.0708. The molecule has 1 saturated heterocycles. The van der Waals surface area contributed by atoms with Crippen LogP contribution in [0.3, 0.4) is 0 Å². The van der Waals surface area contributed by atoms with Crippen LogP contribution in [0.2, 0.25) is 0 Å². The number of hydrogen-bond acceptors (Lipinski definition) is 4. The SMILES string of the molecule is CCC1CCCCN1c1cnc(C(=O)N(Cc2ccccc2)C(C)C)cn1. The summed E-state index contributed by atoms with van der Waals surface area (Å²) in [6.45, 7) is 7.88. The van der Waals surface area contributed by atoms with Crippen LogP contribution in [0.5, 0.6) is 0 Å². The standard InChI is InChI=1S/C22H30N4O/c1-4-19-12-8-9-13-25(19)21-15-23-20(14-24-21)22(27)26(17(2)3)16-18-10-6-5-7-11-18/h5-7,10-11,14-15,17,19H,4,8-9,12-13,16H2,1-3H3. The van der Waals surface area contributed by atoms with E-state index >= 15 is 0 Å². The molecule has 2 heterocycles. The van der Waals surface area contributed by atoms with Gasteiger partial charge in [0, 0.05) is 25.2 Å². The second-order valence-corrected chi connectivity index (χ2v) is 7.52. The number of nitrogens with zero attached hydrogens (tertiary/aromatic N) is 4. The molecule has 3 rings (SSSR count). The van der Waals surface area contributed by atoms with Gasteiger partial charge in [-0.2, -0.15) is 0 Å². The molecular weight excluding hydrogens is 336 g/mol. The highest BCUT2D eigenvalue weighted by molar-refractivity contribution is 5.92. The third-order valence-corrected chi connectivity index (χ3v) is 5.33. The molecule has 144 valence electrons. The Balaban J connectivity index is 1.75. The second-order valence-electron chi connectivity index (χ2n) is 7.52. The molecule has 0 aliphatic carbocycles. The zero-order valence-corrected chi connectivity index (χ0v) is 16.6. The first-order valence-electron chi connectivity index (χ1n) is 10.0. The van der Waals surface area contributed by atoms with Gasteiger partial charge in [-0.3, -0.25) is 4.79 Å². The van der Waals surface area contributed by atoms with E-state index in [2.05, 4.69) is 21.8 Å². The van der Waals surface area contributed by atoms with Crippen molar-refractivity contribution >= 4 is 11.7 Å². The van der Waals surface area contributed by atoms with Gasteiger partial charge in [-0.1, -0.05) is 37.3 Å². The number of carbonyl (C=O) groups excluding carboxylic acids is 1. The molecule has 1 atom stereocenters. The molecule has 0 N–H and O–H groups in total. The minimum atomic E-state index is -0.0708. The van der Waals surface area contributed by atoms with Crippen molar-refractivity contribution in [2.45, 2.75) is 65.1 Å². The average Bonchev–Trinajstić information content (AvgIpc) is 2.72. The first kappa shape index (κ1) is 19.3. The monoisotopic (exact) mass is 366 g/mol. The maximum absolute atomic E-state index is 13.0. The number of benzene rings is 1. The Morgan fingerprint density at radius 1 is 1.19 bits per heavy atom. The maximum atomic E-state index is 13.0. The topological polar surface area (TPSA) is 49.3 Å². The Morgan fingerprint density at radius 2 is 1.96 bits per heavy atom. The van der Waals surface area contributed by atoms with E-state index in [4.69, 9.17) is 0 Å². The molecule has 5 heteroatoms. The lowest BCUT2D eigenvalue weighted by Crippen LogP contribution is -2.40. The van der Waals surface area contributed by atoms with Crippen molar-refractivity contribution < 1.29 is 4.79 Å². The fourth-order valence-electron chi connectivity index (χ4n) is 3.72. The van der Waals surface area contributed by atoms with Gasteiger partial charge in [-0.25, -0.2) is 9.97 Å². The Kier molecular flexibility index (Phi) is 6.43. The number of piperidine rings is 1. The zero-order valence-electron chi connectivity index (χ0n) is 16.6. The molecule has 1 aliphatic heterocycles. The van der Waals surface area contributed by atoms with Gasteiger partial charge in [-0.15, -0.1) is 0 Å². The molecule has 0 bridgehead atoms. The molecule has 0 spiro atoms. The minimum Gasteiger partial charge on any atom is -0.352 e. The molecule has 27 heavy (non-hydrogen) atoms. The van der Waals surface area contributed by atoms with E-state index in [0.717, 1.165) is 24.3 Å². The van der Waals surface area contributed by atoms with Crippen molar-refractivity contribution in [3.8, 4) is 0 Å². The van der Waals surface area contributed by atoms with Gasteiger partial charge in [0.25, 0.3) is 5.91 Å². The van der Waals surface area contributed by atoms with E-state index in [1.54, 1.807) is 12.4 Å². The lowest BCUT2D eigenvalue weighted by Gasteiger charge is -2.36. The molecular formula is C22H30N4O. The highest BCUT2D eigenvalue weighted by atomic mass is 16.2. The summed E-state index contributed by atoms with van der Waals surface area (Å²) >= 11 is 0. The van der Waals surface area contributed by atoms with Crippen molar-refractivity contribution in [3.05, 3.63) is 54.0 Å². The largest absolute Gasteiger partial charge is 0.352 e. The average molecular weight is 367 g/mol. The maximum Gasteiger partial charge on any atom is 0.274 e. The second kappa shape index (κ2) is 8.98. The smallest absolute Gasteiger partial charge is 0.274 e. The van der Waals surface area contributed by atoms with Gasteiger partial charge < -0.3 is 9.80 Å². The summed E-state index contributed by atoms with van der Waals surface area (Å²) in [5.41, 5.74) is 1.52. The van der Waals surface area contributed by atoms with E-state index in [9.17, 15) is 4.79 Å². The van der Waals surface area contributed by atoms with Gasteiger partial charge in [-0.05, 0) is 45.1 Å². The van der Waals surface area contributed by atoms with E-state index in [-0.39, 0.29) is 11.9 Å². The van der Waals surface area contributed by atoms with Gasteiger partial charge in [0.2, 0.25) is 0 Å². The normalized spacial score (nSPS) is 17.2. The summed E-state index contributed by atoms with van der Waals surface area (Å²) in [6.07, 6.45) is 8.19. The van der Waals surface area contributed by atoms with Crippen LogP contribution in [0.4, 0.5) is 5.82 Å². The van der Waals surface area contributed by atoms with Crippen molar-refractivity contribution in [1.82, 2.24) is 14.9 Å². The molecule has 1 unspecified atom stereocenters. The van der Waals surface area contributed by atoms with Crippen LogP contribution in [-0.2, 0) is 6.54 Å². The van der Waals surface area contributed by atoms with Crippen LogP contribution in [-0.4, -0.2) is 39.4 Å². The van der Waals surface area contributed by atoms with Crippen molar-refractivity contribution in [2.24, 2.45) is 0 Å². The fourth-order valence-corrected chi connectivity index (χ4v) is 3.72. The van der Waals surface area contributed by atoms with Crippen molar-refractivity contribution in [3.63, 3.8) is 0 Å². The van der Waals surface area contributed by atoms with E-state index in [1.165, 1.54) is 19.3 Å². The molecule has 0 saturated carbocycles. The molecule has 2 aromatic rings. The van der Waals surface area contributed by atoms with Crippen LogP contribution >= 0.6 is 0 Å². The van der Waals surface area contributed by atoms with Gasteiger partial charge in [0.05, 0.1) is 12.4 Å². The summed E-state index contributed by atoms with van der Waals surface area (Å²) in [6, 6.07) is 10.7. The van der Waals surface area contributed by atoms with E-state index in [1.807, 2.05) is 49.1 Å². The first-order valence-corrected chi connectivity index (χ1v) is 10.0. The first-order chi connectivity index (χ1) is 13.1. The third-order valence-electron chi connectivity index (χ3n) is 5.33. The highest BCUT2D eigenvalue weighted by Crippen LogP contribution is 2.24. The molecule has 1 aromatic heterocycles. The molecule has 0 radical (unpaired) electrons. The Bertz CT molecular complexity index is 730. The predicted octanol–water partition coefficient (Wildman–Crippen LogP) is 4.30. The lowest BCUT2D eigenvalue weighted by molar-refractivity contribution is 0.0684. The number of hydrogen-bond donors (Lipinski definition) is 0. The summed E-state index contributed by atoms with van der Waals surface area (Å²) in [7, 11) is 0. The van der Waals surface area contributed by atoms with Crippen LogP contribution in [0, 0.1) is 0 Å². The van der Waals surface area contributed by atoms with Crippen molar-refractivity contribution in [1.29, 1.82) is 0 Å².